The number of hydrogen-bond acceptors (Lipinski definition) is 4. The van der Waals surface area contributed by atoms with Gasteiger partial charge in [0.1, 0.15) is 6.61 Å². The summed E-state index contributed by atoms with van der Waals surface area (Å²) in [5.41, 5.74) is 10.7. The number of anilines is 1. The van der Waals surface area contributed by atoms with Gasteiger partial charge in [-0.2, -0.15) is 0 Å². The molecular formula is C22H22N2O2. The number of rotatable bonds is 6. The van der Waals surface area contributed by atoms with E-state index in [0.717, 1.165) is 16.8 Å². The Bertz CT molecular complexity index is 888. The van der Waals surface area contributed by atoms with E-state index >= 15 is 0 Å². The van der Waals surface area contributed by atoms with Gasteiger partial charge in [0.15, 0.2) is 11.5 Å². The first kappa shape index (κ1) is 17.5. The lowest BCUT2D eigenvalue weighted by atomic mass is 10.1. The van der Waals surface area contributed by atoms with Crippen molar-refractivity contribution >= 4 is 17.6 Å². The molecule has 0 unspecified atom stereocenters. The molecule has 0 aliphatic rings. The predicted molar refractivity (Wildman–Crippen MR) is 107 cm³/mol. The summed E-state index contributed by atoms with van der Waals surface area (Å²) >= 11 is 0. The van der Waals surface area contributed by atoms with E-state index in [1.165, 1.54) is 5.56 Å². The monoisotopic (exact) mass is 346 g/mol. The van der Waals surface area contributed by atoms with Gasteiger partial charge in [0.05, 0.1) is 12.8 Å². The van der Waals surface area contributed by atoms with E-state index in [9.17, 15) is 0 Å². The van der Waals surface area contributed by atoms with Crippen LogP contribution >= 0.6 is 0 Å². The smallest absolute Gasteiger partial charge is 0.162 e. The number of methoxy groups -OCH3 is 1. The zero-order chi connectivity index (χ0) is 18.4. The van der Waals surface area contributed by atoms with Crippen molar-refractivity contribution in [3.05, 3.63) is 83.4 Å². The van der Waals surface area contributed by atoms with Crippen molar-refractivity contribution in [1.82, 2.24) is 0 Å². The summed E-state index contributed by atoms with van der Waals surface area (Å²) < 4.78 is 11.3. The number of nitrogens with zero attached hydrogens (tertiary/aromatic N) is 1. The van der Waals surface area contributed by atoms with Crippen LogP contribution in [0.1, 0.15) is 16.7 Å². The second-order valence-corrected chi connectivity index (χ2v) is 6.00. The molecule has 0 amide bonds. The third-order valence-corrected chi connectivity index (χ3v) is 3.99. The Labute approximate surface area is 153 Å². The summed E-state index contributed by atoms with van der Waals surface area (Å²) in [6, 6.07) is 21.6. The fourth-order valence-corrected chi connectivity index (χ4v) is 2.49. The first-order valence-electron chi connectivity index (χ1n) is 8.40. The van der Waals surface area contributed by atoms with Gasteiger partial charge in [-0.1, -0.05) is 48.0 Å². The van der Waals surface area contributed by atoms with Gasteiger partial charge in [0.2, 0.25) is 0 Å². The molecule has 0 saturated carbocycles. The van der Waals surface area contributed by atoms with Gasteiger partial charge in [-0.25, -0.2) is 0 Å². The van der Waals surface area contributed by atoms with E-state index < -0.39 is 0 Å². The zero-order valence-corrected chi connectivity index (χ0v) is 15.0. The van der Waals surface area contributed by atoms with Gasteiger partial charge in [-0.3, -0.25) is 4.99 Å². The van der Waals surface area contributed by atoms with Crippen LogP contribution in [0.4, 0.5) is 11.4 Å². The van der Waals surface area contributed by atoms with Crippen molar-refractivity contribution in [1.29, 1.82) is 0 Å². The number of nitrogens with two attached hydrogens (primary N) is 1. The number of hydrogen-bond donors (Lipinski definition) is 1. The van der Waals surface area contributed by atoms with Gasteiger partial charge in [0.25, 0.3) is 0 Å². The van der Waals surface area contributed by atoms with Crippen LogP contribution in [0.25, 0.3) is 0 Å². The maximum Gasteiger partial charge on any atom is 0.162 e. The van der Waals surface area contributed by atoms with E-state index in [1.54, 1.807) is 19.4 Å². The molecular weight excluding hydrogens is 324 g/mol. The molecule has 0 aromatic heterocycles. The molecule has 0 saturated heterocycles. The summed E-state index contributed by atoms with van der Waals surface area (Å²) in [4.78, 5) is 4.49. The second kappa shape index (κ2) is 8.21. The van der Waals surface area contributed by atoms with Crippen LogP contribution in [0.15, 0.2) is 71.7 Å². The number of ether oxygens (including phenoxy) is 2. The lowest BCUT2D eigenvalue weighted by molar-refractivity contribution is 0.284. The van der Waals surface area contributed by atoms with E-state index in [-0.39, 0.29) is 0 Å². The van der Waals surface area contributed by atoms with Crippen LogP contribution < -0.4 is 15.2 Å². The largest absolute Gasteiger partial charge is 0.493 e. The molecule has 0 spiro atoms. The highest BCUT2D eigenvalue weighted by Gasteiger charge is 2.09. The van der Waals surface area contributed by atoms with E-state index in [0.29, 0.717) is 23.8 Å². The molecule has 4 nitrogen and oxygen atoms in total. The molecule has 0 aliphatic carbocycles. The lowest BCUT2D eigenvalue weighted by Crippen LogP contribution is -2.01. The first-order chi connectivity index (χ1) is 12.7. The van der Waals surface area contributed by atoms with Crippen molar-refractivity contribution in [2.24, 2.45) is 4.99 Å². The molecule has 0 aliphatic heterocycles. The first-order valence-corrected chi connectivity index (χ1v) is 8.40. The molecule has 0 atom stereocenters. The van der Waals surface area contributed by atoms with Crippen molar-refractivity contribution in [2.75, 3.05) is 12.8 Å². The normalized spacial score (nSPS) is 10.8. The predicted octanol–water partition coefficient (Wildman–Crippen LogP) is 4.92. The van der Waals surface area contributed by atoms with Crippen molar-refractivity contribution in [3.8, 4) is 11.5 Å². The maximum absolute atomic E-state index is 6.13. The van der Waals surface area contributed by atoms with Crippen molar-refractivity contribution in [2.45, 2.75) is 13.5 Å². The maximum atomic E-state index is 6.13. The van der Waals surface area contributed by atoms with Gasteiger partial charge in [-0.15, -0.1) is 0 Å². The van der Waals surface area contributed by atoms with Crippen LogP contribution in [0.2, 0.25) is 0 Å². The van der Waals surface area contributed by atoms with E-state index in [1.807, 2.05) is 67.6 Å². The van der Waals surface area contributed by atoms with Crippen LogP contribution in [-0.4, -0.2) is 13.3 Å². The molecule has 3 rings (SSSR count). The second-order valence-electron chi connectivity index (χ2n) is 6.00. The minimum absolute atomic E-state index is 0.454. The van der Waals surface area contributed by atoms with Crippen LogP contribution in [-0.2, 0) is 6.61 Å². The molecule has 2 N–H and O–H groups in total. The average Bonchev–Trinajstić information content (AvgIpc) is 2.67. The minimum Gasteiger partial charge on any atom is -0.493 e. The van der Waals surface area contributed by atoms with E-state index in [2.05, 4.69) is 4.99 Å². The highest BCUT2D eigenvalue weighted by molar-refractivity contribution is 5.90. The topological polar surface area (TPSA) is 56.8 Å². The molecule has 0 fully saturated rings. The molecule has 0 radical (unpaired) electrons. The molecule has 3 aromatic rings. The van der Waals surface area contributed by atoms with Crippen molar-refractivity contribution < 1.29 is 9.47 Å². The lowest BCUT2D eigenvalue weighted by Gasteiger charge is -2.13. The van der Waals surface area contributed by atoms with Gasteiger partial charge in [0, 0.05) is 23.5 Å². The third kappa shape index (κ3) is 4.42. The van der Waals surface area contributed by atoms with Crippen LogP contribution in [0.5, 0.6) is 11.5 Å². The molecule has 26 heavy (non-hydrogen) atoms. The van der Waals surface area contributed by atoms with Crippen LogP contribution in [0.3, 0.4) is 0 Å². The highest BCUT2D eigenvalue weighted by Crippen LogP contribution is 2.32. The van der Waals surface area contributed by atoms with Crippen molar-refractivity contribution in [3.63, 3.8) is 0 Å². The Morgan fingerprint density at radius 2 is 1.69 bits per heavy atom. The number of aryl methyl sites for hydroxylation is 1. The molecule has 132 valence electrons. The van der Waals surface area contributed by atoms with Gasteiger partial charge < -0.3 is 15.2 Å². The quantitative estimate of drug-likeness (QED) is 0.509. The summed E-state index contributed by atoms with van der Waals surface area (Å²) in [7, 11) is 1.60. The standard InChI is InChI=1S/C22H22N2O2/c1-16-8-10-19(11-9-16)24-14-18-12-22(21(25-2)13-20(18)23)26-15-17-6-4-3-5-7-17/h3-14H,15,23H2,1-2H3. The van der Waals surface area contributed by atoms with Crippen LogP contribution in [0, 0.1) is 6.92 Å². The summed E-state index contributed by atoms with van der Waals surface area (Å²) in [5.74, 6) is 1.24. The van der Waals surface area contributed by atoms with Gasteiger partial charge in [-0.05, 0) is 30.7 Å². The SMILES string of the molecule is COc1cc(N)c(C=Nc2ccc(C)cc2)cc1OCc1ccccc1. The Morgan fingerprint density at radius 3 is 2.38 bits per heavy atom. The Morgan fingerprint density at radius 1 is 0.962 bits per heavy atom. The summed E-state index contributed by atoms with van der Waals surface area (Å²) in [6.07, 6.45) is 1.74. The summed E-state index contributed by atoms with van der Waals surface area (Å²) in [5, 5.41) is 0. The van der Waals surface area contributed by atoms with Gasteiger partial charge >= 0.3 is 0 Å². The minimum atomic E-state index is 0.454. The molecule has 0 bridgehead atoms. The fraction of sp³-hybridized carbons (Fsp3) is 0.136. The Balaban J connectivity index is 1.82. The van der Waals surface area contributed by atoms with E-state index in [4.69, 9.17) is 15.2 Å². The number of benzene rings is 3. The number of aliphatic imine (C=N–C) groups is 1. The zero-order valence-electron chi connectivity index (χ0n) is 15.0. The molecule has 0 heterocycles. The average molecular weight is 346 g/mol. The third-order valence-electron chi connectivity index (χ3n) is 3.99. The fourth-order valence-electron chi connectivity index (χ4n) is 2.49. The number of nitrogen functional groups attached to an aromatic ring is 1. The summed E-state index contributed by atoms with van der Waals surface area (Å²) in [6.45, 7) is 2.50. The Kier molecular flexibility index (Phi) is 5.54. The molecule has 3 aromatic carbocycles. The Hall–Kier alpha value is -3.27. The highest BCUT2D eigenvalue weighted by atomic mass is 16.5. The molecule has 4 heteroatoms.